The van der Waals surface area contributed by atoms with Crippen LogP contribution in [0.25, 0.3) is 5.69 Å². The van der Waals surface area contributed by atoms with E-state index in [-0.39, 0.29) is 11.5 Å². The smallest absolute Gasteiger partial charge is 0.423 e. The number of nitro benzene ring substituents is 1. The number of hydrogen-bond acceptors (Lipinski definition) is 5. The minimum absolute atomic E-state index is 0.173. The second-order valence-electron chi connectivity index (χ2n) is 4.88. The normalized spacial score (nSPS) is 11.3. The van der Waals surface area contributed by atoms with Crippen molar-refractivity contribution in [3.63, 3.8) is 0 Å². The van der Waals surface area contributed by atoms with Crippen LogP contribution in [0.15, 0.2) is 54.9 Å². The zero-order valence-corrected chi connectivity index (χ0v) is 12.3. The second-order valence-corrected chi connectivity index (χ2v) is 4.88. The van der Waals surface area contributed by atoms with Gasteiger partial charge in [-0.1, -0.05) is 11.3 Å². The topological polar surface area (TPSA) is 83.1 Å². The van der Waals surface area contributed by atoms with Crippen molar-refractivity contribution >= 4 is 5.69 Å². The first-order valence-electron chi connectivity index (χ1n) is 6.85. The molecule has 0 amide bonds. The molecule has 1 aromatic heterocycles. The van der Waals surface area contributed by atoms with E-state index >= 15 is 0 Å². The van der Waals surface area contributed by atoms with Crippen molar-refractivity contribution < 1.29 is 22.8 Å². The van der Waals surface area contributed by atoms with E-state index in [1.54, 1.807) is 24.4 Å². The van der Waals surface area contributed by atoms with Gasteiger partial charge in [0.15, 0.2) is 0 Å². The molecule has 10 heteroatoms. The standard InChI is InChI=1S/C15H9F3N4O3/c16-15(17,18)13-9-12(4-5-14(13)22(23)24)25-11-3-1-2-10(8-11)21-7-6-19-20-21/h1-9H. The third-order valence-corrected chi connectivity index (χ3v) is 3.21. The van der Waals surface area contributed by atoms with Gasteiger partial charge in [0.1, 0.15) is 17.1 Å². The molecule has 25 heavy (non-hydrogen) atoms. The fourth-order valence-corrected chi connectivity index (χ4v) is 2.14. The lowest BCUT2D eigenvalue weighted by molar-refractivity contribution is -0.388. The van der Waals surface area contributed by atoms with E-state index < -0.39 is 22.4 Å². The lowest BCUT2D eigenvalue weighted by atomic mass is 10.1. The van der Waals surface area contributed by atoms with Crippen LogP contribution in [0.4, 0.5) is 18.9 Å². The lowest BCUT2D eigenvalue weighted by Gasteiger charge is -2.11. The number of halogens is 3. The maximum Gasteiger partial charge on any atom is 0.423 e. The minimum Gasteiger partial charge on any atom is -0.457 e. The zero-order chi connectivity index (χ0) is 18.0. The number of rotatable bonds is 4. The summed E-state index contributed by atoms with van der Waals surface area (Å²) in [6.45, 7) is 0. The van der Waals surface area contributed by atoms with E-state index in [1.807, 2.05) is 0 Å². The Bertz CT molecular complexity index is 911. The van der Waals surface area contributed by atoms with Gasteiger partial charge in [0.25, 0.3) is 5.69 Å². The van der Waals surface area contributed by atoms with Gasteiger partial charge in [-0.05, 0) is 24.3 Å². The molecule has 0 unspecified atom stereocenters. The van der Waals surface area contributed by atoms with Gasteiger partial charge >= 0.3 is 6.18 Å². The molecule has 0 radical (unpaired) electrons. The van der Waals surface area contributed by atoms with Crippen molar-refractivity contribution in [3.05, 3.63) is 70.5 Å². The van der Waals surface area contributed by atoms with Gasteiger partial charge in [0, 0.05) is 12.1 Å². The SMILES string of the molecule is O=[N+]([O-])c1ccc(Oc2cccc(-n3ccnn3)c2)cc1C(F)(F)F. The van der Waals surface area contributed by atoms with Crippen molar-refractivity contribution in [3.8, 4) is 17.2 Å². The molecular weight excluding hydrogens is 341 g/mol. The summed E-state index contributed by atoms with van der Waals surface area (Å²) < 4.78 is 45.8. The molecular formula is C15H9F3N4O3. The molecule has 0 bridgehead atoms. The van der Waals surface area contributed by atoms with Crippen molar-refractivity contribution in [2.24, 2.45) is 0 Å². The molecule has 0 N–H and O–H groups in total. The highest BCUT2D eigenvalue weighted by molar-refractivity contribution is 5.48. The van der Waals surface area contributed by atoms with E-state index in [4.69, 9.17) is 4.74 Å². The maximum atomic E-state index is 13.0. The molecule has 3 aromatic rings. The highest BCUT2D eigenvalue weighted by atomic mass is 19.4. The van der Waals surface area contributed by atoms with Crippen molar-refractivity contribution in [2.75, 3.05) is 0 Å². The number of ether oxygens (including phenoxy) is 1. The Balaban J connectivity index is 1.94. The molecule has 0 atom stereocenters. The Hall–Kier alpha value is -3.43. The third kappa shape index (κ3) is 3.57. The summed E-state index contributed by atoms with van der Waals surface area (Å²) in [5.41, 5.74) is -1.81. The highest BCUT2D eigenvalue weighted by Gasteiger charge is 2.38. The van der Waals surface area contributed by atoms with E-state index in [0.29, 0.717) is 11.8 Å². The average Bonchev–Trinajstić information content (AvgIpc) is 3.08. The molecule has 1 heterocycles. The number of benzene rings is 2. The van der Waals surface area contributed by atoms with Gasteiger partial charge in [-0.2, -0.15) is 13.2 Å². The second kappa shape index (κ2) is 6.23. The first-order valence-corrected chi connectivity index (χ1v) is 6.85. The molecule has 2 aromatic carbocycles. The Labute approximate surface area is 138 Å². The molecule has 3 rings (SSSR count). The quantitative estimate of drug-likeness (QED) is 0.525. The van der Waals surface area contributed by atoms with Crippen LogP contribution in [0.2, 0.25) is 0 Å². The van der Waals surface area contributed by atoms with Crippen LogP contribution in [0.3, 0.4) is 0 Å². The monoisotopic (exact) mass is 350 g/mol. The first-order chi connectivity index (χ1) is 11.8. The Morgan fingerprint density at radius 2 is 1.88 bits per heavy atom. The van der Waals surface area contributed by atoms with Crippen LogP contribution >= 0.6 is 0 Å². The summed E-state index contributed by atoms with van der Waals surface area (Å²) in [5.74, 6) is 0.0728. The molecule has 7 nitrogen and oxygen atoms in total. The van der Waals surface area contributed by atoms with Crippen LogP contribution in [0.5, 0.6) is 11.5 Å². The molecule has 0 spiro atoms. The number of alkyl halides is 3. The Morgan fingerprint density at radius 1 is 1.12 bits per heavy atom. The number of aromatic nitrogens is 3. The first kappa shape index (κ1) is 16.4. The molecule has 0 aliphatic heterocycles. The summed E-state index contributed by atoms with van der Waals surface area (Å²) in [7, 11) is 0. The van der Waals surface area contributed by atoms with Gasteiger partial charge in [-0.25, -0.2) is 4.68 Å². The third-order valence-electron chi connectivity index (χ3n) is 3.21. The summed E-state index contributed by atoms with van der Waals surface area (Å²) in [4.78, 5) is 9.68. The minimum atomic E-state index is -4.87. The van der Waals surface area contributed by atoms with Crippen LogP contribution in [0.1, 0.15) is 5.56 Å². The van der Waals surface area contributed by atoms with Crippen molar-refractivity contribution in [2.45, 2.75) is 6.18 Å². The molecule has 0 aliphatic carbocycles. The zero-order valence-electron chi connectivity index (χ0n) is 12.3. The molecule has 0 fully saturated rings. The van der Waals surface area contributed by atoms with E-state index in [9.17, 15) is 23.3 Å². The number of nitrogens with zero attached hydrogens (tertiary/aromatic N) is 4. The fraction of sp³-hybridized carbons (Fsp3) is 0.0667. The van der Waals surface area contributed by atoms with Crippen LogP contribution in [-0.4, -0.2) is 19.9 Å². The van der Waals surface area contributed by atoms with Gasteiger partial charge in [0.2, 0.25) is 0 Å². The van der Waals surface area contributed by atoms with Crippen LogP contribution < -0.4 is 4.74 Å². The summed E-state index contributed by atoms with van der Waals surface area (Å²) >= 11 is 0. The van der Waals surface area contributed by atoms with Crippen LogP contribution in [0, 0.1) is 10.1 Å². The maximum absolute atomic E-state index is 13.0. The highest BCUT2D eigenvalue weighted by Crippen LogP contribution is 2.39. The lowest BCUT2D eigenvalue weighted by Crippen LogP contribution is -2.09. The fourth-order valence-electron chi connectivity index (χ4n) is 2.14. The van der Waals surface area contributed by atoms with Gasteiger partial charge in [-0.3, -0.25) is 10.1 Å². The van der Waals surface area contributed by atoms with Crippen molar-refractivity contribution in [1.29, 1.82) is 0 Å². The summed E-state index contributed by atoms with van der Waals surface area (Å²) in [6.07, 6.45) is -1.81. The summed E-state index contributed by atoms with van der Waals surface area (Å²) in [5, 5.41) is 18.2. The predicted molar refractivity (Wildman–Crippen MR) is 79.5 cm³/mol. The van der Waals surface area contributed by atoms with Gasteiger partial charge < -0.3 is 4.74 Å². The van der Waals surface area contributed by atoms with Gasteiger partial charge in [-0.15, -0.1) is 5.10 Å². The van der Waals surface area contributed by atoms with Crippen molar-refractivity contribution in [1.82, 2.24) is 15.0 Å². The molecule has 0 aliphatic rings. The largest absolute Gasteiger partial charge is 0.457 e. The average molecular weight is 350 g/mol. The van der Waals surface area contributed by atoms with Crippen LogP contribution in [-0.2, 0) is 6.18 Å². The number of hydrogen-bond donors (Lipinski definition) is 0. The van der Waals surface area contributed by atoms with E-state index in [0.717, 1.165) is 12.1 Å². The number of nitro groups is 1. The van der Waals surface area contributed by atoms with E-state index in [1.165, 1.54) is 16.9 Å². The molecule has 0 saturated carbocycles. The Morgan fingerprint density at radius 3 is 2.52 bits per heavy atom. The summed E-state index contributed by atoms with van der Waals surface area (Å²) in [6, 6.07) is 8.88. The Kier molecular flexibility index (Phi) is 4.09. The van der Waals surface area contributed by atoms with E-state index in [2.05, 4.69) is 10.3 Å². The molecule has 0 saturated heterocycles. The van der Waals surface area contributed by atoms with Gasteiger partial charge in [0.05, 0.1) is 23.0 Å². The predicted octanol–water partition coefficient (Wildman–Crippen LogP) is 3.99. The molecule has 128 valence electrons.